The van der Waals surface area contributed by atoms with Crippen LogP contribution in [0.4, 0.5) is 4.79 Å². The third-order valence-corrected chi connectivity index (χ3v) is 4.26. The van der Waals surface area contributed by atoms with E-state index in [9.17, 15) is 4.79 Å². The fraction of sp³-hybridized carbons (Fsp3) is 0.294. The molecule has 0 saturated heterocycles. The second-order valence-electron chi connectivity index (χ2n) is 5.39. The highest BCUT2D eigenvalue weighted by Gasteiger charge is 2.21. The summed E-state index contributed by atoms with van der Waals surface area (Å²) in [6, 6.07) is 9.78. The van der Waals surface area contributed by atoms with Crippen molar-refractivity contribution in [1.82, 2.24) is 15.2 Å². The van der Waals surface area contributed by atoms with E-state index < -0.39 is 0 Å². The largest absolute Gasteiger partial charge is 0.338 e. The Morgan fingerprint density at radius 2 is 2.23 bits per heavy atom. The quantitative estimate of drug-likeness (QED) is 0.946. The Labute approximate surface area is 135 Å². The number of hydrogen-bond acceptors (Lipinski definition) is 2. The maximum absolute atomic E-state index is 12.2. The van der Waals surface area contributed by atoms with Crippen LogP contribution >= 0.6 is 11.6 Å². The molecule has 0 radical (unpaired) electrons. The summed E-state index contributed by atoms with van der Waals surface area (Å²) in [7, 11) is 0. The lowest BCUT2D eigenvalue weighted by atomic mass is 10.00. The molecular weight excluding hydrogens is 298 g/mol. The Bertz CT molecular complexity index is 660. The van der Waals surface area contributed by atoms with Gasteiger partial charge in [-0.1, -0.05) is 29.8 Å². The zero-order valence-corrected chi connectivity index (χ0v) is 13.0. The van der Waals surface area contributed by atoms with E-state index in [2.05, 4.69) is 10.3 Å². The summed E-state index contributed by atoms with van der Waals surface area (Å²) in [6.07, 6.45) is 5.17. The molecule has 1 N–H and O–H groups in total. The molecule has 0 spiro atoms. The molecule has 0 fully saturated rings. The van der Waals surface area contributed by atoms with Crippen molar-refractivity contribution in [3.63, 3.8) is 0 Å². The van der Waals surface area contributed by atoms with E-state index in [1.165, 1.54) is 5.56 Å². The Balaban J connectivity index is 1.53. The number of carbonyl (C=O) groups excluding carboxylic acids is 1. The van der Waals surface area contributed by atoms with Gasteiger partial charge in [-0.25, -0.2) is 4.79 Å². The molecule has 0 bridgehead atoms. The van der Waals surface area contributed by atoms with Crippen LogP contribution in [0.2, 0.25) is 5.02 Å². The van der Waals surface area contributed by atoms with Crippen molar-refractivity contribution in [3.05, 3.63) is 64.4 Å². The normalized spacial score (nSPS) is 13.6. The predicted molar refractivity (Wildman–Crippen MR) is 86.9 cm³/mol. The summed E-state index contributed by atoms with van der Waals surface area (Å²) < 4.78 is 0. The molecule has 0 saturated carbocycles. The number of nitrogens with one attached hydrogen (secondary N) is 1. The number of pyridine rings is 1. The number of hydrogen-bond donors (Lipinski definition) is 1. The Kier molecular flexibility index (Phi) is 4.59. The molecule has 1 aliphatic heterocycles. The Hall–Kier alpha value is -2.07. The van der Waals surface area contributed by atoms with Crippen LogP contribution in [0.5, 0.6) is 0 Å². The highest BCUT2D eigenvalue weighted by atomic mass is 35.5. The van der Waals surface area contributed by atoms with Crippen LogP contribution in [0.3, 0.4) is 0 Å². The number of fused-ring (bicyclic) bond motifs is 1. The maximum Gasteiger partial charge on any atom is 0.317 e. The van der Waals surface area contributed by atoms with Gasteiger partial charge in [0, 0.05) is 37.1 Å². The van der Waals surface area contributed by atoms with Gasteiger partial charge >= 0.3 is 6.03 Å². The third-order valence-electron chi connectivity index (χ3n) is 3.91. The van der Waals surface area contributed by atoms with Crippen molar-refractivity contribution in [2.45, 2.75) is 19.4 Å². The van der Waals surface area contributed by atoms with Crippen LogP contribution in [0.15, 0.2) is 42.7 Å². The Morgan fingerprint density at radius 3 is 3.05 bits per heavy atom. The van der Waals surface area contributed by atoms with Crippen LogP contribution in [0.25, 0.3) is 0 Å². The number of halogens is 1. The summed E-state index contributed by atoms with van der Waals surface area (Å²) in [5.74, 6) is 0. The van der Waals surface area contributed by atoms with Gasteiger partial charge in [0.2, 0.25) is 0 Å². The van der Waals surface area contributed by atoms with Crippen LogP contribution in [0, 0.1) is 0 Å². The van der Waals surface area contributed by atoms with Gasteiger partial charge in [0.15, 0.2) is 0 Å². The van der Waals surface area contributed by atoms with Crippen LogP contribution < -0.4 is 5.32 Å². The summed E-state index contributed by atoms with van der Waals surface area (Å²) in [6.45, 7) is 1.94. The number of aromatic nitrogens is 1. The number of amides is 2. The topological polar surface area (TPSA) is 45.2 Å². The minimum atomic E-state index is -0.0190. The molecule has 1 aliphatic rings. The SMILES string of the molecule is O=C(NCCc1cccnc1)N1CCc2c(Cl)cccc2C1. The van der Waals surface area contributed by atoms with Crippen LogP contribution in [-0.4, -0.2) is 29.0 Å². The summed E-state index contributed by atoms with van der Waals surface area (Å²) >= 11 is 6.20. The Morgan fingerprint density at radius 1 is 1.32 bits per heavy atom. The van der Waals surface area contributed by atoms with Gasteiger partial charge in [0.05, 0.1) is 0 Å². The average molecular weight is 316 g/mol. The molecule has 5 heteroatoms. The zero-order valence-electron chi connectivity index (χ0n) is 12.3. The summed E-state index contributed by atoms with van der Waals surface area (Å²) in [5.41, 5.74) is 3.43. The fourth-order valence-corrected chi connectivity index (χ4v) is 3.00. The van der Waals surface area contributed by atoms with Gasteiger partial charge in [-0.05, 0) is 41.7 Å². The minimum absolute atomic E-state index is 0.0190. The predicted octanol–water partition coefficient (Wildman–Crippen LogP) is 3.05. The number of urea groups is 1. The molecule has 22 heavy (non-hydrogen) atoms. The van der Waals surface area contributed by atoms with Gasteiger partial charge in [-0.15, -0.1) is 0 Å². The van der Waals surface area contributed by atoms with E-state index in [0.717, 1.165) is 29.0 Å². The van der Waals surface area contributed by atoms with Crippen molar-refractivity contribution in [2.24, 2.45) is 0 Å². The smallest absolute Gasteiger partial charge is 0.317 e. The van der Waals surface area contributed by atoms with E-state index in [0.29, 0.717) is 19.6 Å². The lowest BCUT2D eigenvalue weighted by Gasteiger charge is -2.29. The molecule has 0 unspecified atom stereocenters. The number of nitrogens with zero attached hydrogens (tertiary/aromatic N) is 2. The van der Waals surface area contributed by atoms with Crippen molar-refractivity contribution in [3.8, 4) is 0 Å². The van der Waals surface area contributed by atoms with E-state index in [-0.39, 0.29) is 6.03 Å². The third kappa shape index (κ3) is 3.39. The van der Waals surface area contributed by atoms with Gasteiger partial charge in [-0.3, -0.25) is 4.98 Å². The molecule has 0 atom stereocenters. The summed E-state index contributed by atoms with van der Waals surface area (Å²) in [4.78, 5) is 18.2. The van der Waals surface area contributed by atoms with Crippen molar-refractivity contribution in [2.75, 3.05) is 13.1 Å². The van der Waals surface area contributed by atoms with Crippen molar-refractivity contribution < 1.29 is 4.79 Å². The average Bonchev–Trinajstić information content (AvgIpc) is 2.55. The highest BCUT2D eigenvalue weighted by Crippen LogP contribution is 2.25. The molecule has 4 nitrogen and oxygen atoms in total. The standard InChI is InChI=1S/C17H18ClN3O/c18-16-5-1-4-14-12-21(10-7-15(14)16)17(22)20-9-6-13-3-2-8-19-11-13/h1-5,8,11H,6-7,9-10,12H2,(H,20,22). The first-order chi connectivity index (χ1) is 10.7. The number of rotatable bonds is 3. The fourth-order valence-electron chi connectivity index (χ4n) is 2.71. The molecule has 1 aromatic heterocycles. The van der Waals surface area contributed by atoms with Gasteiger partial charge < -0.3 is 10.2 Å². The molecule has 1 aromatic carbocycles. The van der Waals surface area contributed by atoms with Crippen LogP contribution in [0.1, 0.15) is 16.7 Å². The first-order valence-electron chi connectivity index (χ1n) is 7.42. The van der Waals surface area contributed by atoms with Crippen molar-refractivity contribution >= 4 is 17.6 Å². The highest BCUT2D eigenvalue weighted by molar-refractivity contribution is 6.31. The molecule has 0 aliphatic carbocycles. The molecule has 2 heterocycles. The maximum atomic E-state index is 12.2. The van der Waals surface area contributed by atoms with E-state index in [4.69, 9.17) is 11.6 Å². The van der Waals surface area contributed by atoms with Gasteiger partial charge in [0.1, 0.15) is 0 Å². The van der Waals surface area contributed by atoms with E-state index >= 15 is 0 Å². The lowest BCUT2D eigenvalue weighted by Crippen LogP contribution is -2.43. The van der Waals surface area contributed by atoms with Crippen molar-refractivity contribution in [1.29, 1.82) is 0 Å². The van der Waals surface area contributed by atoms with E-state index in [1.54, 1.807) is 6.20 Å². The summed E-state index contributed by atoms with van der Waals surface area (Å²) in [5, 5.41) is 3.77. The molecule has 2 amide bonds. The molecule has 3 rings (SSSR count). The second kappa shape index (κ2) is 6.79. The second-order valence-corrected chi connectivity index (χ2v) is 5.80. The lowest BCUT2D eigenvalue weighted by molar-refractivity contribution is 0.192. The van der Waals surface area contributed by atoms with Gasteiger partial charge in [-0.2, -0.15) is 0 Å². The number of benzene rings is 1. The van der Waals surface area contributed by atoms with Gasteiger partial charge in [0.25, 0.3) is 0 Å². The monoisotopic (exact) mass is 315 g/mol. The van der Waals surface area contributed by atoms with E-state index in [1.807, 2.05) is 41.4 Å². The molecule has 114 valence electrons. The first kappa shape index (κ1) is 14.9. The minimum Gasteiger partial charge on any atom is -0.338 e. The first-order valence-corrected chi connectivity index (χ1v) is 7.80. The number of carbonyl (C=O) groups is 1. The van der Waals surface area contributed by atoms with Crippen LogP contribution in [-0.2, 0) is 19.4 Å². The zero-order chi connectivity index (χ0) is 15.4. The molecule has 2 aromatic rings. The molecular formula is C17H18ClN3O.